The fourth-order valence-electron chi connectivity index (χ4n) is 2.09. The van der Waals surface area contributed by atoms with E-state index in [0.717, 1.165) is 10.9 Å². The van der Waals surface area contributed by atoms with Crippen LogP contribution in [0.15, 0.2) is 42.6 Å². The van der Waals surface area contributed by atoms with Gasteiger partial charge in [0.1, 0.15) is 11.6 Å². The van der Waals surface area contributed by atoms with E-state index in [9.17, 15) is 14.7 Å². The van der Waals surface area contributed by atoms with Crippen LogP contribution in [0, 0.1) is 0 Å². The number of aromatic nitrogens is 2. The molecule has 0 atom stereocenters. The molecule has 3 rings (SSSR count). The molecule has 3 aromatic rings. The van der Waals surface area contributed by atoms with Crippen molar-refractivity contribution in [3.8, 4) is 5.75 Å². The van der Waals surface area contributed by atoms with Crippen molar-refractivity contribution < 1.29 is 14.7 Å². The summed E-state index contributed by atoms with van der Waals surface area (Å²) in [5, 5.41) is 12.7. The lowest BCUT2D eigenvalue weighted by molar-refractivity contribution is 0.101. The average molecular weight is 295 g/mol. The van der Waals surface area contributed by atoms with Crippen molar-refractivity contribution in [3.05, 3.63) is 53.9 Å². The van der Waals surface area contributed by atoms with Gasteiger partial charge in [0, 0.05) is 17.9 Å². The molecular weight excluding hydrogens is 282 g/mol. The summed E-state index contributed by atoms with van der Waals surface area (Å²) in [5.41, 5.74) is 1.64. The number of benzene rings is 1. The molecule has 0 aliphatic carbocycles. The van der Waals surface area contributed by atoms with Gasteiger partial charge in [-0.2, -0.15) is 0 Å². The third kappa shape index (κ3) is 2.67. The molecule has 0 fully saturated rings. The third-order valence-electron chi connectivity index (χ3n) is 3.26. The third-order valence-corrected chi connectivity index (χ3v) is 3.26. The maximum absolute atomic E-state index is 12.1. The predicted molar refractivity (Wildman–Crippen MR) is 82.2 cm³/mol. The van der Waals surface area contributed by atoms with Crippen LogP contribution in [0.2, 0.25) is 0 Å². The first-order chi connectivity index (χ1) is 10.5. The number of Topliss-reactive ketones (excluding diaryl/α,β-unsaturated/α-hetero) is 1. The lowest BCUT2D eigenvalue weighted by atomic mass is 10.2. The zero-order valence-electron chi connectivity index (χ0n) is 11.8. The first-order valence-corrected chi connectivity index (χ1v) is 6.63. The molecule has 1 amide bonds. The maximum Gasteiger partial charge on any atom is 0.256 e. The number of hydrogen-bond donors (Lipinski definition) is 3. The summed E-state index contributed by atoms with van der Waals surface area (Å²) in [6, 6.07) is 9.33. The van der Waals surface area contributed by atoms with Crippen LogP contribution >= 0.6 is 0 Å². The zero-order chi connectivity index (χ0) is 15.7. The van der Waals surface area contributed by atoms with Crippen LogP contribution in [0.5, 0.6) is 5.75 Å². The Hall–Kier alpha value is -3.15. The van der Waals surface area contributed by atoms with Crippen molar-refractivity contribution in [2.45, 2.75) is 6.92 Å². The highest BCUT2D eigenvalue weighted by Crippen LogP contribution is 2.19. The normalized spacial score (nSPS) is 10.6. The topological polar surface area (TPSA) is 95.1 Å². The number of aromatic amines is 1. The van der Waals surface area contributed by atoms with E-state index in [1.165, 1.54) is 31.2 Å². The summed E-state index contributed by atoms with van der Waals surface area (Å²) in [6.07, 6.45) is 1.56. The standard InChI is InChI=1S/C16H13N3O3/c1-9(20)13-6-11-7-15(17-8-14(11)18-13)19-16(22)10-2-4-12(21)5-3-10/h2-8,18,21H,1H3,(H,17,19,22). The Morgan fingerprint density at radius 1 is 1.18 bits per heavy atom. The van der Waals surface area contributed by atoms with Gasteiger partial charge >= 0.3 is 0 Å². The van der Waals surface area contributed by atoms with E-state index in [1.54, 1.807) is 18.3 Å². The van der Waals surface area contributed by atoms with E-state index >= 15 is 0 Å². The highest BCUT2D eigenvalue weighted by atomic mass is 16.3. The van der Waals surface area contributed by atoms with E-state index in [4.69, 9.17) is 0 Å². The lowest BCUT2D eigenvalue weighted by Crippen LogP contribution is -2.12. The van der Waals surface area contributed by atoms with Gasteiger partial charge in [0.15, 0.2) is 5.78 Å². The van der Waals surface area contributed by atoms with Gasteiger partial charge in [-0.25, -0.2) is 4.98 Å². The Morgan fingerprint density at radius 3 is 2.59 bits per heavy atom. The number of pyridine rings is 1. The van der Waals surface area contributed by atoms with Crippen LogP contribution in [0.1, 0.15) is 27.8 Å². The molecule has 6 nitrogen and oxygen atoms in total. The Balaban J connectivity index is 1.85. The number of fused-ring (bicyclic) bond motifs is 1. The number of H-pyrrole nitrogens is 1. The van der Waals surface area contributed by atoms with Gasteiger partial charge in [-0.15, -0.1) is 0 Å². The van der Waals surface area contributed by atoms with E-state index < -0.39 is 0 Å². The first-order valence-electron chi connectivity index (χ1n) is 6.63. The van der Waals surface area contributed by atoms with Gasteiger partial charge in [0.05, 0.1) is 17.4 Å². The number of aromatic hydroxyl groups is 1. The van der Waals surface area contributed by atoms with Crippen molar-refractivity contribution in [3.63, 3.8) is 0 Å². The van der Waals surface area contributed by atoms with Crippen LogP contribution in [-0.2, 0) is 0 Å². The molecule has 3 N–H and O–H groups in total. The second kappa shape index (κ2) is 5.33. The number of ketones is 1. The lowest BCUT2D eigenvalue weighted by Gasteiger charge is -2.04. The molecular formula is C16H13N3O3. The van der Waals surface area contributed by atoms with Gasteiger partial charge in [-0.1, -0.05) is 0 Å². The van der Waals surface area contributed by atoms with Gasteiger partial charge in [0.25, 0.3) is 5.91 Å². The molecule has 0 unspecified atom stereocenters. The summed E-state index contributed by atoms with van der Waals surface area (Å²) in [4.78, 5) is 30.5. The zero-order valence-corrected chi connectivity index (χ0v) is 11.8. The Bertz CT molecular complexity index is 866. The van der Waals surface area contributed by atoms with Crippen LogP contribution < -0.4 is 5.32 Å². The molecule has 110 valence electrons. The SMILES string of the molecule is CC(=O)c1cc2cc(NC(=O)c3ccc(O)cc3)ncc2[nH]1. The number of carbonyl (C=O) groups is 2. The molecule has 0 saturated heterocycles. The minimum absolute atomic E-state index is 0.0640. The molecule has 0 saturated carbocycles. The van der Waals surface area contributed by atoms with Crippen LogP contribution in [0.4, 0.5) is 5.82 Å². The monoisotopic (exact) mass is 295 g/mol. The summed E-state index contributed by atoms with van der Waals surface area (Å²) < 4.78 is 0. The number of phenols is 1. The first kappa shape index (κ1) is 13.8. The van der Waals surface area contributed by atoms with E-state index in [2.05, 4.69) is 15.3 Å². The van der Waals surface area contributed by atoms with Gasteiger partial charge in [-0.3, -0.25) is 9.59 Å². The molecule has 1 aromatic carbocycles. The molecule has 0 aliphatic rings. The van der Waals surface area contributed by atoms with Crippen LogP contribution in [0.3, 0.4) is 0 Å². The number of anilines is 1. The fraction of sp³-hybridized carbons (Fsp3) is 0.0625. The number of carbonyl (C=O) groups excluding carboxylic acids is 2. The van der Waals surface area contributed by atoms with Gasteiger partial charge in [0.2, 0.25) is 0 Å². The molecule has 0 spiro atoms. The minimum Gasteiger partial charge on any atom is -0.508 e. The van der Waals surface area contributed by atoms with Gasteiger partial charge < -0.3 is 15.4 Å². The van der Waals surface area contributed by atoms with Crippen molar-refractivity contribution in [2.75, 3.05) is 5.32 Å². The molecule has 2 aromatic heterocycles. The molecule has 0 aliphatic heterocycles. The predicted octanol–water partition coefficient (Wildman–Crippen LogP) is 2.72. The molecule has 0 bridgehead atoms. The number of nitrogens with zero attached hydrogens (tertiary/aromatic N) is 1. The average Bonchev–Trinajstić information content (AvgIpc) is 2.91. The summed E-state index contributed by atoms with van der Waals surface area (Å²) >= 11 is 0. The Morgan fingerprint density at radius 2 is 1.91 bits per heavy atom. The highest BCUT2D eigenvalue weighted by Gasteiger charge is 2.09. The van der Waals surface area contributed by atoms with E-state index in [-0.39, 0.29) is 17.4 Å². The van der Waals surface area contributed by atoms with Crippen LogP contribution in [-0.4, -0.2) is 26.8 Å². The maximum atomic E-state index is 12.1. The minimum atomic E-state index is -0.325. The smallest absolute Gasteiger partial charge is 0.256 e. The van der Waals surface area contributed by atoms with Crippen LogP contribution in [0.25, 0.3) is 10.9 Å². The Kier molecular flexibility index (Phi) is 3.34. The van der Waals surface area contributed by atoms with Crippen molar-refractivity contribution in [2.24, 2.45) is 0 Å². The molecule has 2 heterocycles. The second-order valence-corrected chi connectivity index (χ2v) is 4.90. The molecule has 0 radical (unpaired) electrons. The van der Waals surface area contributed by atoms with E-state index in [0.29, 0.717) is 17.1 Å². The summed E-state index contributed by atoms with van der Waals surface area (Å²) in [5.74, 6) is 0.0971. The van der Waals surface area contributed by atoms with E-state index in [1.807, 2.05) is 0 Å². The number of phenolic OH excluding ortho intramolecular Hbond substituents is 1. The largest absolute Gasteiger partial charge is 0.508 e. The van der Waals surface area contributed by atoms with Crippen molar-refractivity contribution in [1.82, 2.24) is 9.97 Å². The number of nitrogens with one attached hydrogen (secondary N) is 2. The summed E-state index contributed by atoms with van der Waals surface area (Å²) in [7, 11) is 0. The second-order valence-electron chi connectivity index (χ2n) is 4.90. The number of rotatable bonds is 3. The summed E-state index contributed by atoms with van der Waals surface area (Å²) in [6.45, 7) is 1.48. The number of hydrogen-bond acceptors (Lipinski definition) is 4. The molecule has 6 heteroatoms. The number of amides is 1. The van der Waals surface area contributed by atoms with Crippen molar-refractivity contribution >= 4 is 28.4 Å². The molecule has 22 heavy (non-hydrogen) atoms. The Labute approximate surface area is 125 Å². The highest BCUT2D eigenvalue weighted by molar-refractivity contribution is 6.05. The quantitative estimate of drug-likeness (QED) is 0.647. The fourth-order valence-corrected chi connectivity index (χ4v) is 2.09. The van der Waals surface area contributed by atoms with Gasteiger partial charge in [-0.05, 0) is 36.4 Å². The van der Waals surface area contributed by atoms with Crippen molar-refractivity contribution in [1.29, 1.82) is 0 Å².